The summed E-state index contributed by atoms with van der Waals surface area (Å²) >= 11 is 0. The van der Waals surface area contributed by atoms with Crippen LogP contribution in [0.3, 0.4) is 0 Å². The van der Waals surface area contributed by atoms with Crippen molar-refractivity contribution in [1.82, 2.24) is 0 Å². The number of nitrogens with zero attached hydrogens (tertiary/aromatic N) is 1. The molecule has 0 saturated heterocycles. The van der Waals surface area contributed by atoms with Crippen LogP contribution in [-0.2, 0) is 0 Å². The maximum absolute atomic E-state index is 11.3. The smallest absolute Gasteiger partial charge is 0.336 e. The average molecular weight is 271 g/mol. The van der Waals surface area contributed by atoms with E-state index in [0.717, 1.165) is 29.5 Å². The third-order valence-electron chi connectivity index (χ3n) is 3.44. The van der Waals surface area contributed by atoms with Crippen molar-refractivity contribution in [3.8, 4) is 0 Å². The second-order valence-corrected chi connectivity index (χ2v) is 5.42. The van der Waals surface area contributed by atoms with E-state index in [2.05, 4.69) is 25.7 Å². The zero-order chi connectivity index (χ0) is 14.7. The van der Waals surface area contributed by atoms with Gasteiger partial charge in [-0.05, 0) is 30.4 Å². The Balaban J connectivity index is 2.60. The van der Waals surface area contributed by atoms with Crippen LogP contribution in [0, 0.1) is 5.92 Å². The van der Waals surface area contributed by atoms with Crippen molar-refractivity contribution in [1.29, 1.82) is 0 Å². The number of hydrogen-bond donors (Lipinski definition) is 1. The number of aromatic carboxylic acids is 1. The summed E-state index contributed by atoms with van der Waals surface area (Å²) in [6.07, 6.45) is 0. The number of carboxylic acid groups (broad SMARTS) is 1. The number of carbonyl (C=O) groups is 1. The minimum atomic E-state index is -0.875. The number of rotatable bonds is 5. The summed E-state index contributed by atoms with van der Waals surface area (Å²) in [5.41, 5.74) is 1.48. The van der Waals surface area contributed by atoms with Crippen LogP contribution in [-0.4, -0.2) is 24.2 Å². The summed E-state index contributed by atoms with van der Waals surface area (Å²) in [5, 5.41) is 11.1. The lowest BCUT2D eigenvalue weighted by Gasteiger charge is -2.27. The van der Waals surface area contributed by atoms with E-state index < -0.39 is 5.97 Å². The Kier molecular flexibility index (Phi) is 4.28. The highest BCUT2D eigenvalue weighted by Crippen LogP contribution is 2.30. The Hall–Kier alpha value is -2.03. The topological polar surface area (TPSA) is 40.5 Å². The summed E-state index contributed by atoms with van der Waals surface area (Å²) in [6.45, 7) is 8.39. The van der Waals surface area contributed by atoms with Crippen LogP contribution in [0.25, 0.3) is 10.8 Å². The Morgan fingerprint density at radius 2 is 1.80 bits per heavy atom. The highest BCUT2D eigenvalue weighted by molar-refractivity contribution is 6.07. The number of carboxylic acids is 1. The fourth-order valence-electron chi connectivity index (χ4n) is 2.58. The molecule has 0 heterocycles. The molecule has 0 amide bonds. The third kappa shape index (κ3) is 2.77. The molecule has 2 rings (SSSR count). The normalized spacial score (nSPS) is 11.0. The average Bonchev–Trinajstić information content (AvgIpc) is 2.43. The number of anilines is 1. The molecule has 2 aromatic rings. The molecular formula is C17H21NO2. The highest BCUT2D eigenvalue weighted by Gasteiger charge is 2.14. The zero-order valence-corrected chi connectivity index (χ0v) is 12.3. The summed E-state index contributed by atoms with van der Waals surface area (Å²) < 4.78 is 0. The van der Waals surface area contributed by atoms with E-state index in [1.807, 2.05) is 30.3 Å². The first-order valence-electron chi connectivity index (χ1n) is 7.04. The molecule has 0 aliphatic carbocycles. The van der Waals surface area contributed by atoms with Crippen molar-refractivity contribution in [2.75, 3.05) is 18.0 Å². The molecule has 0 saturated carbocycles. The molecule has 0 bridgehead atoms. The summed E-state index contributed by atoms with van der Waals surface area (Å²) in [4.78, 5) is 13.6. The van der Waals surface area contributed by atoms with E-state index in [4.69, 9.17) is 0 Å². The molecule has 0 unspecified atom stereocenters. The molecule has 0 aliphatic rings. The molecule has 0 spiro atoms. The predicted octanol–water partition coefficient (Wildman–Crippen LogP) is 4.02. The second-order valence-electron chi connectivity index (χ2n) is 5.42. The Morgan fingerprint density at radius 1 is 1.15 bits per heavy atom. The van der Waals surface area contributed by atoms with Crippen molar-refractivity contribution in [3.63, 3.8) is 0 Å². The number of hydrogen-bond acceptors (Lipinski definition) is 2. The van der Waals surface area contributed by atoms with Crippen molar-refractivity contribution in [2.24, 2.45) is 5.92 Å². The number of fused-ring (bicyclic) bond motifs is 1. The van der Waals surface area contributed by atoms with Gasteiger partial charge in [0.2, 0.25) is 0 Å². The minimum Gasteiger partial charge on any atom is -0.478 e. The van der Waals surface area contributed by atoms with Gasteiger partial charge >= 0.3 is 5.97 Å². The van der Waals surface area contributed by atoms with Crippen molar-refractivity contribution in [3.05, 3.63) is 42.0 Å². The van der Waals surface area contributed by atoms with Gasteiger partial charge in [-0.1, -0.05) is 38.1 Å². The molecule has 0 aromatic heterocycles. The van der Waals surface area contributed by atoms with Gasteiger partial charge in [0.05, 0.1) is 5.56 Å². The first-order valence-corrected chi connectivity index (χ1v) is 7.04. The summed E-state index contributed by atoms with van der Waals surface area (Å²) in [5.74, 6) is -0.312. The van der Waals surface area contributed by atoms with Crippen LogP contribution in [0.4, 0.5) is 5.69 Å². The van der Waals surface area contributed by atoms with Gasteiger partial charge in [-0.15, -0.1) is 0 Å². The summed E-state index contributed by atoms with van der Waals surface area (Å²) in [6, 6.07) is 11.4. The Labute approximate surface area is 119 Å². The van der Waals surface area contributed by atoms with Gasteiger partial charge in [0.1, 0.15) is 0 Å². The van der Waals surface area contributed by atoms with Gasteiger partial charge in [0.25, 0.3) is 0 Å². The molecule has 0 aliphatic heterocycles. The molecule has 3 heteroatoms. The van der Waals surface area contributed by atoms with E-state index in [9.17, 15) is 9.90 Å². The van der Waals surface area contributed by atoms with Gasteiger partial charge < -0.3 is 10.0 Å². The van der Waals surface area contributed by atoms with Gasteiger partial charge in [-0.25, -0.2) is 4.79 Å². The quantitative estimate of drug-likeness (QED) is 0.893. The van der Waals surface area contributed by atoms with Crippen molar-refractivity contribution < 1.29 is 9.90 Å². The van der Waals surface area contributed by atoms with Crippen molar-refractivity contribution in [2.45, 2.75) is 20.8 Å². The van der Waals surface area contributed by atoms with Crippen LogP contribution in [0.15, 0.2) is 36.4 Å². The van der Waals surface area contributed by atoms with Crippen molar-refractivity contribution >= 4 is 22.4 Å². The van der Waals surface area contributed by atoms with Gasteiger partial charge in [0.15, 0.2) is 0 Å². The zero-order valence-electron chi connectivity index (χ0n) is 12.3. The fraction of sp³-hybridized carbons (Fsp3) is 0.353. The lowest BCUT2D eigenvalue weighted by molar-refractivity contribution is 0.0699. The lowest BCUT2D eigenvalue weighted by atomic mass is 10.0. The molecule has 1 N–H and O–H groups in total. The van der Waals surface area contributed by atoms with E-state index >= 15 is 0 Å². The van der Waals surface area contributed by atoms with Crippen LogP contribution < -0.4 is 4.90 Å². The molecule has 106 valence electrons. The molecular weight excluding hydrogens is 250 g/mol. The molecule has 0 radical (unpaired) electrons. The van der Waals surface area contributed by atoms with E-state index in [1.54, 1.807) is 6.07 Å². The molecule has 0 atom stereocenters. The monoisotopic (exact) mass is 271 g/mol. The number of benzene rings is 2. The van der Waals surface area contributed by atoms with Crippen LogP contribution in [0.5, 0.6) is 0 Å². The standard InChI is InChI=1S/C17H21NO2/c1-4-18(11-12(2)3)16-10-9-15(17(19)20)13-7-5-6-8-14(13)16/h5-10,12H,4,11H2,1-3H3,(H,19,20). The SMILES string of the molecule is CCN(CC(C)C)c1ccc(C(=O)O)c2ccccc12. The third-order valence-corrected chi connectivity index (χ3v) is 3.44. The lowest BCUT2D eigenvalue weighted by Crippen LogP contribution is -2.27. The highest BCUT2D eigenvalue weighted by atomic mass is 16.4. The maximum Gasteiger partial charge on any atom is 0.336 e. The Morgan fingerprint density at radius 3 is 2.35 bits per heavy atom. The first-order chi connectivity index (χ1) is 9.54. The van der Waals surface area contributed by atoms with Crippen LogP contribution >= 0.6 is 0 Å². The van der Waals surface area contributed by atoms with Gasteiger partial charge in [-0.3, -0.25) is 0 Å². The van der Waals surface area contributed by atoms with Gasteiger partial charge in [0, 0.05) is 24.2 Å². The van der Waals surface area contributed by atoms with E-state index in [0.29, 0.717) is 11.5 Å². The molecule has 20 heavy (non-hydrogen) atoms. The minimum absolute atomic E-state index is 0.366. The van der Waals surface area contributed by atoms with Gasteiger partial charge in [-0.2, -0.15) is 0 Å². The van der Waals surface area contributed by atoms with E-state index in [1.165, 1.54) is 0 Å². The van der Waals surface area contributed by atoms with Crippen LogP contribution in [0.1, 0.15) is 31.1 Å². The molecule has 2 aromatic carbocycles. The fourth-order valence-corrected chi connectivity index (χ4v) is 2.58. The molecule has 3 nitrogen and oxygen atoms in total. The Bertz CT molecular complexity index is 619. The largest absolute Gasteiger partial charge is 0.478 e. The second kappa shape index (κ2) is 5.95. The predicted molar refractivity (Wildman–Crippen MR) is 83.6 cm³/mol. The summed E-state index contributed by atoms with van der Waals surface area (Å²) in [7, 11) is 0. The maximum atomic E-state index is 11.3. The first kappa shape index (κ1) is 14.4. The van der Waals surface area contributed by atoms with Crippen LogP contribution in [0.2, 0.25) is 0 Å². The van der Waals surface area contributed by atoms with E-state index in [-0.39, 0.29) is 0 Å². The molecule has 0 fully saturated rings.